The summed E-state index contributed by atoms with van der Waals surface area (Å²) < 4.78 is 5.24. The monoisotopic (exact) mass is 221 g/mol. The van der Waals surface area contributed by atoms with Gasteiger partial charge in [-0.15, -0.1) is 0 Å². The van der Waals surface area contributed by atoms with Gasteiger partial charge in [-0.2, -0.15) is 0 Å². The standard InChI is InChI=1S/C12H12ClNO/c1-8(2)9-4-3-5-10(11(9)13)12-14-6-7-15-12/h3-8H,1-2H3. The number of oxazole rings is 1. The van der Waals surface area contributed by atoms with E-state index < -0.39 is 0 Å². The van der Waals surface area contributed by atoms with Crippen molar-refractivity contribution in [3.8, 4) is 11.5 Å². The summed E-state index contributed by atoms with van der Waals surface area (Å²) in [4.78, 5) is 4.10. The predicted octanol–water partition coefficient (Wildman–Crippen LogP) is 4.12. The van der Waals surface area contributed by atoms with E-state index in [9.17, 15) is 0 Å². The molecule has 78 valence electrons. The van der Waals surface area contributed by atoms with Gasteiger partial charge in [0.25, 0.3) is 0 Å². The van der Waals surface area contributed by atoms with Crippen LogP contribution in [0.5, 0.6) is 0 Å². The summed E-state index contributed by atoms with van der Waals surface area (Å²) in [5.41, 5.74) is 1.97. The molecule has 1 aromatic heterocycles. The first-order chi connectivity index (χ1) is 7.20. The Morgan fingerprint density at radius 1 is 1.33 bits per heavy atom. The summed E-state index contributed by atoms with van der Waals surface area (Å²) in [5.74, 6) is 0.968. The average Bonchev–Trinajstić information content (AvgIpc) is 2.70. The molecule has 0 N–H and O–H groups in total. The molecular formula is C12H12ClNO. The maximum absolute atomic E-state index is 6.30. The van der Waals surface area contributed by atoms with E-state index in [-0.39, 0.29) is 0 Å². The molecule has 0 atom stereocenters. The van der Waals surface area contributed by atoms with Crippen LogP contribution in [0.25, 0.3) is 11.5 Å². The maximum Gasteiger partial charge on any atom is 0.227 e. The van der Waals surface area contributed by atoms with Crippen molar-refractivity contribution in [1.29, 1.82) is 0 Å². The Bertz CT molecular complexity index is 449. The van der Waals surface area contributed by atoms with Crippen molar-refractivity contribution >= 4 is 11.6 Å². The smallest absolute Gasteiger partial charge is 0.227 e. The molecule has 0 saturated heterocycles. The summed E-state index contributed by atoms with van der Waals surface area (Å²) in [6.07, 6.45) is 3.17. The van der Waals surface area contributed by atoms with Gasteiger partial charge in [0.1, 0.15) is 6.26 Å². The van der Waals surface area contributed by atoms with Crippen LogP contribution in [0, 0.1) is 0 Å². The van der Waals surface area contributed by atoms with Crippen molar-refractivity contribution < 1.29 is 4.42 Å². The van der Waals surface area contributed by atoms with Gasteiger partial charge in [0.2, 0.25) is 5.89 Å². The van der Waals surface area contributed by atoms with Gasteiger partial charge in [-0.1, -0.05) is 37.6 Å². The van der Waals surface area contributed by atoms with Crippen LogP contribution in [0.15, 0.2) is 35.1 Å². The fourth-order valence-corrected chi connectivity index (χ4v) is 1.94. The van der Waals surface area contributed by atoms with Gasteiger partial charge in [-0.05, 0) is 17.5 Å². The molecule has 0 spiro atoms. The van der Waals surface area contributed by atoms with Gasteiger partial charge in [0, 0.05) is 0 Å². The summed E-state index contributed by atoms with van der Waals surface area (Å²) in [7, 11) is 0. The normalized spacial score (nSPS) is 10.9. The average molecular weight is 222 g/mol. The lowest BCUT2D eigenvalue weighted by Gasteiger charge is -2.09. The minimum Gasteiger partial charge on any atom is -0.444 e. The third kappa shape index (κ3) is 1.90. The van der Waals surface area contributed by atoms with Crippen LogP contribution >= 0.6 is 11.6 Å². The molecule has 0 bridgehead atoms. The van der Waals surface area contributed by atoms with Crippen LogP contribution in [-0.2, 0) is 0 Å². The Kier molecular flexibility index (Phi) is 2.78. The maximum atomic E-state index is 6.30. The van der Waals surface area contributed by atoms with E-state index in [2.05, 4.69) is 18.8 Å². The lowest BCUT2D eigenvalue weighted by Crippen LogP contribution is -1.90. The first kappa shape index (κ1) is 10.2. The quantitative estimate of drug-likeness (QED) is 0.763. The van der Waals surface area contributed by atoms with E-state index in [4.69, 9.17) is 16.0 Å². The number of hydrogen-bond acceptors (Lipinski definition) is 2. The van der Waals surface area contributed by atoms with Gasteiger partial charge in [0.15, 0.2) is 0 Å². The van der Waals surface area contributed by atoms with Crippen LogP contribution in [0.2, 0.25) is 5.02 Å². The Morgan fingerprint density at radius 3 is 2.73 bits per heavy atom. The van der Waals surface area contributed by atoms with Crippen LogP contribution in [-0.4, -0.2) is 4.98 Å². The number of aromatic nitrogens is 1. The Morgan fingerprint density at radius 2 is 2.13 bits per heavy atom. The molecule has 2 nitrogen and oxygen atoms in total. The number of rotatable bonds is 2. The van der Waals surface area contributed by atoms with Gasteiger partial charge in [-0.25, -0.2) is 4.98 Å². The van der Waals surface area contributed by atoms with Crippen molar-refractivity contribution in [1.82, 2.24) is 4.98 Å². The number of hydrogen-bond donors (Lipinski definition) is 0. The molecule has 0 saturated carbocycles. The highest BCUT2D eigenvalue weighted by Crippen LogP contribution is 2.33. The van der Waals surface area contributed by atoms with E-state index in [1.54, 1.807) is 12.5 Å². The first-order valence-corrected chi connectivity index (χ1v) is 5.26. The summed E-state index contributed by atoms with van der Waals surface area (Å²) in [6.45, 7) is 4.22. The zero-order valence-corrected chi connectivity index (χ0v) is 9.45. The molecule has 2 aromatic rings. The molecule has 0 unspecified atom stereocenters. The number of benzene rings is 1. The van der Waals surface area contributed by atoms with Gasteiger partial charge < -0.3 is 4.42 Å². The van der Waals surface area contributed by atoms with Crippen molar-refractivity contribution in [2.24, 2.45) is 0 Å². The summed E-state index contributed by atoms with van der Waals surface area (Å²) >= 11 is 6.30. The molecule has 0 aliphatic carbocycles. The minimum absolute atomic E-state index is 0.396. The highest BCUT2D eigenvalue weighted by Gasteiger charge is 2.12. The number of nitrogens with zero attached hydrogens (tertiary/aromatic N) is 1. The van der Waals surface area contributed by atoms with E-state index in [1.165, 1.54) is 0 Å². The van der Waals surface area contributed by atoms with Gasteiger partial charge in [0.05, 0.1) is 16.8 Å². The fraction of sp³-hybridized carbons (Fsp3) is 0.250. The third-order valence-corrected chi connectivity index (χ3v) is 2.74. The molecule has 0 radical (unpaired) electrons. The van der Waals surface area contributed by atoms with Crippen LogP contribution in [0.3, 0.4) is 0 Å². The zero-order chi connectivity index (χ0) is 10.8. The molecule has 0 fully saturated rings. The molecular weight excluding hydrogens is 210 g/mol. The first-order valence-electron chi connectivity index (χ1n) is 4.88. The molecule has 3 heteroatoms. The molecule has 0 amide bonds. The van der Waals surface area contributed by atoms with Crippen molar-refractivity contribution in [3.63, 3.8) is 0 Å². The predicted molar refractivity (Wildman–Crippen MR) is 61.0 cm³/mol. The molecule has 2 rings (SSSR count). The molecule has 0 aliphatic heterocycles. The minimum atomic E-state index is 0.396. The van der Waals surface area contributed by atoms with Crippen molar-refractivity contribution in [3.05, 3.63) is 41.2 Å². The van der Waals surface area contributed by atoms with Crippen molar-refractivity contribution in [2.45, 2.75) is 19.8 Å². The topological polar surface area (TPSA) is 26.0 Å². The largest absolute Gasteiger partial charge is 0.444 e. The molecule has 15 heavy (non-hydrogen) atoms. The molecule has 0 aliphatic rings. The van der Waals surface area contributed by atoms with Crippen LogP contribution in [0.1, 0.15) is 25.3 Å². The lowest BCUT2D eigenvalue weighted by molar-refractivity contribution is 0.574. The Labute approximate surface area is 93.9 Å². The Hall–Kier alpha value is -1.28. The van der Waals surface area contributed by atoms with Gasteiger partial charge in [-0.3, -0.25) is 0 Å². The third-order valence-electron chi connectivity index (χ3n) is 2.31. The molecule has 1 heterocycles. The lowest BCUT2D eigenvalue weighted by atomic mass is 10.0. The Balaban J connectivity index is 2.54. The zero-order valence-electron chi connectivity index (χ0n) is 8.70. The molecule has 1 aromatic carbocycles. The summed E-state index contributed by atoms with van der Waals surface area (Å²) in [6, 6.07) is 5.92. The fourth-order valence-electron chi connectivity index (χ4n) is 1.52. The highest BCUT2D eigenvalue weighted by atomic mass is 35.5. The van der Waals surface area contributed by atoms with Crippen molar-refractivity contribution in [2.75, 3.05) is 0 Å². The van der Waals surface area contributed by atoms with E-state index in [1.807, 2.05) is 18.2 Å². The van der Waals surface area contributed by atoms with E-state index in [0.717, 1.165) is 16.1 Å². The van der Waals surface area contributed by atoms with Crippen LogP contribution < -0.4 is 0 Å². The summed E-state index contributed by atoms with van der Waals surface area (Å²) in [5, 5.41) is 0.731. The SMILES string of the molecule is CC(C)c1cccc(-c2ncco2)c1Cl. The van der Waals surface area contributed by atoms with E-state index in [0.29, 0.717) is 11.8 Å². The second-order valence-electron chi connectivity index (χ2n) is 3.70. The second kappa shape index (κ2) is 4.07. The van der Waals surface area contributed by atoms with Crippen LogP contribution in [0.4, 0.5) is 0 Å². The second-order valence-corrected chi connectivity index (χ2v) is 4.08. The van der Waals surface area contributed by atoms with Gasteiger partial charge >= 0.3 is 0 Å². The van der Waals surface area contributed by atoms with E-state index >= 15 is 0 Å². The highest BCUT2D eigenvalue weighted by molar-refractivity contribution is 6.34. The number of halogens is 1.